The van der Waals surface area contributed by atoms with Crippen LogP contribution in [0, 0.1) is 12.8 Å². The maximum Gasteiger partial charge on any atom is 0.387 e. The second-order valence-corrected chi connectivity index (χ2v) is 7.23. The van der Waals surface area contributed by atoms with Gasteiger partial charge in [0, 0.05) is 44.5 Å². The average molecular weight is 402 g/mol. The van der Waals surface area contributed by atoms with E-state index in [0.717, 1.165) is 31.6 Å². The van der Waals surface area contributed by atoms with Gasteiger partial charge in [-0.15, -0.1) is 0 Å². The van der Waals surface area contributed by atoms with Gasteiger partial charge in [-0.3, -0.25) is 4.99 Å². The van der Waals surface area contributed by atoms with Gasteiger partial charge in [0.25, 0.3) is 0 Å². The van der Waals surface area contributed by atoms with Crippen LogP contribution >= 0.6 is 0 Å². The highest BCUT2D eigenvalue weighted by atomic mass is 19.3. The first kappa shape index (κ1) is 20.9. The summed E-state index contributed by atoms with van der Waals surface area (Å²) in [6, 6.07) is 15.6. The zero-order valence-electron chi connectivity index (χ0n) is 16.9. The third-order valence-electron chi connectivity index (χ3n) is 5.07. The van der Waals surface area contributed by atoms with Crippen LogP contribution in [0.1, 0.15) is 17.5 Å². The lowest BCUT2D eigenvalue weighted by molar-refractivity contribution is -0.0504. The maximum absolute atomic E-state index is 12.6. The fourth-order valence-electron chi connectivity index (χ4n) is 3.57. The molecule has 2 aromatic rings. The molecule has 0 saturated carbocycles. The summed E-state index contributed by atoms with van der Waals surface area (Å²) in [5, 5.41) is 6.55. The van der Waals surface area contributed by atoms with Crippen molar-refractivity contribution in [2.75, 3.05) is 31.6 Å². The number of hydrogen-bond acceptors (Lipinski definition) is 3. The molecule has 0 bridgehead atoms. The van der Waals surface area contributed by atoms with Gasteiger partial charge < -0.3 is 20.3 Å². The van der Waals surface area contributed by atoms with Crippen molar-refractivity contribution < 1.29 is 13.5 Å². The van der Waals surface area contributed by atoms with E-state index in [2.05, 4.69) is 49.5 Å². The van der Waals surface area contributed by atoms with Crippen LogP contribution in [0.4, 0.5) is 14.5 Å². The third kappa shape index (κ3) is 6.07. The minimum atomic E-state index is -2.84. The SMILES string of the molecule is CN=C(NCc1cc(C)ccc1OC(F)F)NCC1CCN(c2ccccc2)C1. The van der Waals surface area contributed by atoms with Crippen molar-refractivity contribution >= 4 is 11.6 Å². The van der Waals surface area contributed by atoms with Gasteiger partial charge in [-0.05, 0) is 37.5 Å². The van der Waals surface area contributed by atoms with E-state index in [1.54, 1.807) is 19.2 Å². The smallest absolute Gasteiger partial charge is 0.387 e. The summed E-state index contributed by atoms with van der Waals surface area (Å²) < 4.78 is 29.9. The Morgan fingerprint density at radius 1 is 1.21 bits per heavy atom. The molecule has 1 unspecified atom stereocenters. The molecule has 29 heavy (non-hydrogen) atoms. The lowest BCUT2D eigenvalue weighted by Crippen LogP contribution is -2.40. The number of benzene rings is 2. The van der Waals surface area contributed by atoms with E-state index >= 15 is 0 Å². The summed E-state index contributed by atoms with van der Waals surface area (Å²) >= 11 is 0. The number of aliphatic imine (C=N–C) groups is 1. The van der Waals surface area contributed by atoms with Crippen molar-refractivity contribution in [3.63, 3.8) is 0 Å². The van der Waals surface area contributed by atoms with E-state index in [0.29, 0.717) is 24.0 Å². The van der Waals surface area contributed by atoms with Crippen LogP contribution in [-0.2, 0) is 6.54 Å². The molecule has 5 nitrogen and oxygen atoms in total. The minimum Gasteiger partial charge on any atom is -0.434 e. The van der Waals surface area contributed by atoms with Crippen LogP contribution in [0.2, 0.25) is 0 Å². The molecule has 1 aliphatic heterocycles. The summed E-state index contributed by atoms with van der Waals surface area (Å²) in [4.78, 5) is 6.64. The van der Waals surface area contributed by atoms with Crippen molar-refractivity contribution in [2.24, 2.45) is 10.9 Å². The first-order valence-electron chi connectivity index (χ1n) is 9.84. The molecular formula is C22H28F2N4O. The molecule has 1 fully saturated rings. The molecule has 0 radical (unpaired) electrons. The zero-order chi connectivity index (χ0) is 20.6. The average Bonchev–Trinajstić information content (AvgIpc) is 3.19. The lowest BCUT2D eigenvalue weighted by atomic mass is 10.1. The molecule has 7 heteroatoms. The Bertz CT molecular complexity index is 814. The molecule has 2 N–H and O–H groups in total. The van der Waals surface area contributed by atoms with Gasteiger partial charge >= 0.3 is 6.61 Å². The topological polar surface area (TPSA) is 48.9 Å². The van der Waals surface area contributed by atoms with Crippen molar-refractivity contribution in [1.82, 2.24) is 10.6 Å². The molecule has 0 amide bonds. The zero-order valence-corrected chi connectivity index (χ0v) is 16.9. The van der Waals surface area contributed by atoms with Crippen molar-refractivity contribution in [3.05, 3.63) is 59.7 Å². The highest BCUT2D eigenvalue weighted by Crippen LogP contribution is 2.23. The fourth-order valence-corrected chi connectivity index (χ4v) is 3.57. The second kappa shape index (κ2) is 10.1. The number of nitrogens with one attached hydrogen (secondary N) is 2. The number of rotatable bonds is 7. The molecule has 156 valence electrons. The molecule has 0 aromatic heterocycles. The van der Waals surface area contributed by atoms with Gasteiger partial charge in [0.2, 0.25) is 0 Å². The van der Waals surface area contributed by atoms with E-state index < -0.39 is 6.61 Å². The number of aryl methyl sites for hydroxylation is 1. The molecule has 0 spiro atoms. The monoisotopic (exact) mass is 402 g/mol. The Kier molecular flexibility index (Phi) is 7.27. The van der Waals surface area contributed by atoms with Crippen LogP contribution in [0.5, 0.6) is 5.75 Å². The van der Waals surface area contributed by atoms with Gasteiger partial charge in [-0.1, -0.05) is 35.9 Å². The third-order valence-corrected chi connectivity index (χ3v) is 5.07. The first-order valence-corrected chi connectivity index (χ1v) is 9.84. The second-order valence-electron chi connectivity index (χ2n) is 7.23. The van der Waals surface area contributed by atoms with Gasteiger partial charge in [0.05, 0.1) is 0 Å². The molecule has 1 saturated heterocycles. The number of halogens is 2. The van der Waals surface area contributed by atoms with E-state index in [4.69, 9.17) is 0 Å². The molecule has 2 aromatic carbocycles. The van der Waals surface area contributed by atoms with Crippen LogP contribution < -0.4 is 20.3 Å². The van der Waals surface area contributed by atoms with E-state index in [9.17, 15) is 8.78 Å². The first-order chi connectivity index (χ1) is 14.0. The quantitative estimate of drug-likeness (QED) is 0.547. The highest BCUT2D eigenvalue weighted by molar-refractivity contribution is 5.79. The number of para-hydroxylation sites is 1. The predicted octanol–water partition coefficient (Wildman–Crippen LogP) is 3.79. The van der Waals surface area contributed by atoms with Gasteiger partial charge in [0.1, 0.15) is 5.75 Å². The number of alkyl halides is 2. The number of anilines is 1. The molecule has 3 rings (SSSR count). The summed E-state index contributed by atoms with van der Waals surface area (Å²) in [6.07, 6.45) is 1.11. The summed E-state index contributed by atoms with van der Waals surface area (Å²) in [5.41, 5.74) is 2.91. The number of hydrogen-bond donors (Lipinski definition) is 2. The van der Waals surface area contributed by atoms with Gasteiger partial charge in [-0.2, -0.15) is 8.78 Å². The van der Waals surface area contributed by atoms with Crippen molar-refractivity contribution in [1.29, 1.82) is 0 Å². The van der Waals surface area contributed by atoms with Crippen molar-refractivity contribution in [3.8, 4) is 5.75 Å². The molecule has 0 aliphatic carbocycles. The lowest BCUT2D eigenvalue weighted by Gasteiger charge is -2.19. The molecule has 1 atom stereocenters. The van der Waals surface area contributed by atoms with Crippen LogP contribution in [0.3, 0.4) is 0 Å². The Hall–Kier alpha value is -2.83. The fraction of sp³-hybridized carbons (Fsp3) is 0.409. The largest absolute Gasteiger partial charge is 0.434 e. The molecule has 1 heterocycles. The standard InChI is InChI=1S/C22H28F2N4O/c1-16-8-9-20(29-21(23)24)18(12-16)14-27-22(25-2)26-13-17-10-11-28(15-17)19-6-4-3-5-7-19/h3-9,12,17,21H,10-11,13-15H2,1-2H3,(H2,25,26,27). The van der Waals surface area contributed by atoms with Crippen LogP contribution in [0.25, 0.3) is 0 Å². The summed E-state index contributed by atoms with van der Waals surface area (Å²) in [6.45, 7) is 2.27. The van der Waals surface area contributed by atoms with Crippen molar-refractivity contribution in [2.45, 2.75) is 26.5 Å². The highest BCUT2D eigenvalue weighted by Gasteiger charge is 2.22. The van der Waals surface area contributed by atoms with Gasteiger partial charge in [-0.25, -0.2) is 0 Å². The van der Waals surface area contributed by atoms with Crippen LogP contribution in [-0.4, -0.2) is 39.3 Å². The number of guanidine groups is 1. The Balaban J connectivity index is 1.50. The predicted molar refractivity (Wildman–Crippen MR) is 113 cm³/mol. The number of nitrogens with zero attached hydrogens (tertiary/aromatic N) is 2. The van der Waals surface area contributed by atoms with E-state index in [1.807, 2.05) is 19.1 Å². The van der Waals surface area contributed by atoms with E-state index in [-0.39, 0.29) is 5.75 Å². The summed E-state index contributed by atoms with van der Waals surface area (Å²) in [7, 11) is 1.70. The Labute approximate surface area is 170 Å². The van der Waals surface area contributed by atoms with E-state index in [1.165, 1.54) is 5.69 Å². The Morgan fingerprint density at radius 2 is 2.00 bits per heavy atom. The summed E-state index contributed by atoms with van der Waals surface area (Å²) in [5.74, 6) is 1.35. The maximum atomic E-state index is 12.6. The number of ether oxygens (including phenoxy) is 1. The molecular weight excluding hydrogens is 374 g/mol. The minimum absolute atomic E-state index is 0.183. The molecule has 1 aliphatic rings. The Morgan fingerprint density at radius 3 is 2.72 bits per heavy atom. The van der Waals surface area contributed by atoms with Crippen LogP contribution in [0.15, 0.2) is 53.5 Å². The van der Waals surface area contributed by atoms with Gasteiger partial charge in [0.15, 0.2) is 5.96 Å². The normalized spacial score (nSPS) is 16.9.